The normalized spacial score (nSPS) is 33.9. The van der Waals surface area contributed by atoms with E-state index in [1.807, 2.05) is 0 Å². The molecule has 0 aromatic carbocycles. The second kappa shape index (κ2) is 4.65. The van der Waals surface area contributed by atoms with Crippen molar-refractivity contribution >= 4 is 40.4 Å². The summed E-state index contributed by atoms with van der Waals surface area (Å²) in [5.74, 6) is 0.134. The van der Waals surface area contributed by atoms with Crippen LogP contribution in [-0.2, 0) is 4.74 Å². The summed E-state index contributed by atoms with van der Waals surface area (Å²) in [4.78, 5) is 12.1. The highest BCUT2D eigenvalue weighted by Crippen LogP contribution is 2.38. The van der Waals surface area contributed by atoms with Crippen molar-refractivity contribution in [2.45, 2.75) is 24.6 Å². The number of fused-ring (bicyclic) bond motifs is 1. The minimum Gasteiger partial charge on any atom is -0.376 e. The summed E-state index contributed by atoms with van der Waals surface area (Å²) in [5, 5.41) is 2.88. The summed E-state index contributed by atoms with van der Waals surface area (Å²) in [6, 6.07) is 1.41. The van der Waals surface area contributed by atoms with Gasteiger partial charge in [0.05, 0.1) is 22.0 Å². The van der Waals surface area contributed by atoms with Gasteiger partial charge in [-0.25, -0.2) is 0 Å². The highest BCUT2D eigenvalue weighted by atomic mass is 35.5. The van der Waals surface area contributed by atoms with Gasteiger partial charge in [-0.1, -0.05) is 23.2 Å². The van der Waals surface area contributed by atoms with Crippen LogP contribution in [0.5, 0.6) is 0 Å². The standard InChI is InChI=1S/C11H12Cl2N2O2S/c12-6-3-5(10(13)18-6)11(16)15-8-7(14)4-1-2-17-9(4)8/h3-4,7-9H,1-2,14H2,(H,15,16). The van der Waals surface area contributed by atoms with Gasteiger partial charge in [0.1, 0.15) is 4.34 Å². The number of ether oxygens (including phenoxy) is 1. The molecule has 3 N–H and O–H groups in total. The second-order valence-electron chi connectivity index (χ2n) is 4.60. The second-order valence-corrected chi connectivity index (χ2v) is 6.89. The third-order valence-corrected chi connectivity index (χ3v) is 5.13. The molecular weight excluding hydrogens is 295 g/mol. The molecule has 4 unspecified atom stereocenters. The van der Waals surface area contributed by atoms with E-state index >= 15 is 0 Å². The van der Waals surface area contributed by atoms with E-state index in [9.17, 15) is 4.79 Å². The first-order chi connectivity index (χ1) is 8.58. The molecule has 0 radical (unpaired) electrons. The number of nitrogens with one attached hydrogen (secondary N) is 1. The number of amides is 1. The molecule has 1 aliphatic carbocycles. The van der Waals surface area contributed by atoms with Crippen LogP contribution in [0.25, 0.3) is 0 Å². The number of hydrogen-bond donors (Lipinski definition) is 2. The molecule has 1 aromatic rings. The van der Waals surface area contributed by atoms with E-state index < -0.39 is 0 Å². The Morgan fingerprint density at radius 3 is 3.00 bits per heavy atom. The zero-order valence-electron chi connectivity index (χ0n) is 9.36. The summed E-state index contributed by atoms with van der Waals surface area (Å²) < 4.78 is 6.45. The maximum absolute atomic E-state index is 12.1. The first-order valence-electron chi connectivity index (χ1n) is 5.71. The number of carbonyl (C=O) groups excluding carboxylic acids is 1. The Labute approximate surface area is 118 Å². The van der Waals surface area contributed by atoms with Gasteiger partial charge < -0.3 is 15.8 Å². The van der Waals surface area contributed by atoms with Crippen LogP contribution >= 0.6 is 34.5 Å². The fourth-order valence-electron chi connectivity index (χ4n) is 2.65. The van der Waals surface area contributed by atoms with Crippen LogP contribution in [0.2, 0.25) is 8.67 Å². The molecule has 1 amide bonds. The molecule has 4 nitrogen and oxygen atoms in total. The van der Waals surface area contributed by atoms with E-state index in [0.29, 0.717) is 20.2 Å². The van der Waals surface area contributed by atoms with Gasteiger partial charge in [-0.3, -0.25) is 4.79 Å². The summed E-state index contributed by atoms with van der Waals surface area (Å²) in [7, 11) is 0. The van der Waals surface area contributed by atoms with E-state index in [4.69, 9.17) is 33.7 Å². The predicted molar refractivity (Wildman–Crippen MR) is 71.4 cm³/mol. The molecule has 2 aliphatic rings. The molecule has 0 spiro atoms. The van der Waals surface area contributed by atoms with Gasteiger partial charge in [0.15, 0.2) is 0 Å². The van der Waals surface area contributed by atoms with E-state index in [1.165, 1.54) is 11.3 Å². The third-order valence-electron chi connectivity index (χ3n) is 3.65. The highest BCUT2D eigenvalue weighted by Gasteiger charge is 2.52. The fourth-order valence-corrected chi connectivity index (χ4v) is 4.11. The third kappa shape index (κ3) is 1.94. The van der Waals surface area contributed by atoms with Gasteiger partial charge in [-0.05, 0) is 12.5 Å². The van der Waals surface area contributed by atoms with Crippen molar-refractivity contribution in [2.24, 2.45) is 11.7 Å². The number of nitrogens with two attached hydrogens (primary N) is 1. The van der Waals surface area contributed by atoms with Gasteiger partial charge in [-0.2, -0.15) is 0 Å². The van der Waals surface area contributed by atoms with Gasteiger partial charge in [0.25, 0.3) is 5.91 Å². The lowest BCUT2D eigenvalue weighted by molar-refractivity contribution is -0.0161. The van der Waals surface area contributed by atoms with Crippen LogP contribution in [0, 0.1) is 5.92 Å². The average molecular weight is 307 g/mol. The quantitative estimate of drug-likeness (QED) is 0.877. The Balaban J connectivity index is 1.70. The van der Waals surface area contributed by atoms with Crippen LogP contribution in [-0.4, -0.2) is 30.7 Å². The Kier molecular flexibility index (Phi) is 3.28. The van der Waals surface area contributed by atoms with Gasteiger partial charge in [-0.15, -0.1) is 11.3 Å². The Morgan fingerprint density at radius 2 is 2.33 bits per heavy atom. The zero-order chi connectivity index (χ0) is 12.9. The van der Waals surface area contributed by atoms with Crippen LogP contribution in [0.4, 0.5) is 0 Å². The SMILES string of the molecule is NC1C2CCOC2C1NC(=O)c1cc(Cl)sc1Cl. The summed E-state index contributed by atoms with van der Waals surface area (Å²) in [5.41, 5.74) is 6.43. The summed E-state index contributed by atoms with van der Waals surface area (Å²) in [6.45, 7) is 0.723. The minimum absolute atomic E-state index is 0.0330. The predicted octanol–water partition coefficient (Wildman–Crippen LogP) is 1.90. The lowest BCUT2D eigenvalue weighted by atomic mass is 9.72. The van der Waals surface area contributed by atoms with Crippen molar-refractivity contribution in [1.82, 2.24) is 5.32 Å². The van der Waals surface area contributed by atoms with Gasteiger partial charge in [0.2, 0.25) is 0 Å². The fraction of sp³-hybridized carbons (Fsp3) is 0.545. The van der Waals surface area contributed by atoms with Crippen molar-refractivity contribution in [3.8, 4) is 0 Å². The Bertz CT molecular complexity index is 493. The number of hydrogen-bond acceptors (Lipinski definition) is 4. The molecule has 18 heavy (non-hydrogen) atoms. The molecule has 0 bridgehead atoms. The lowest BCUT2D eigenvalue weighted by Gasteiger charge is -2.45. The summed E-state index contributed by atoms with van der Waals surface area (Å²) in [6.07, 6.45) is 1.03. The van der Waals surface area contributed by atoms with Crippen molar-refractivity contribution < 1.29 is 9.53 Å². The van der Waals surface area contributed by atoms with Gasteiger partial charge >= 0.3 is 0 Å². The molecule has 4 atom stereocenters. The van der Waals surface area contributed by atoms with E-state index in [0.717, 1.165) is 13.0 Å². The monoisotopic (exact) mass is 306 g/mol. The van der Waals surface area contributed by atoms with Crippen molar-refractivity contribution in [1.29, 1.82) is 0 Å². The van der Waals surface area contributed by atoms with E-state index in [-0.39, 0.29) is 24.1 Å². The molecule has 1 saturated heterocycles. The zero-order valence-corrected chi connectivity index (χ0v) is 11.7. The van der Waals surface area contributed by atoms with Crippen LogP contribution in [0.3, 0.4) is 0 Å². The average Bonchev–Trinajstić information content (AvgIpc) is 2.89. The number of carbonyl (C=O) groups is 1. The van der Waals surface area contributed by atoms with E-state index in [2.05, 4.69) is 5.32 Å². The van der Waals surface area contributed by atoms with Crippen LogP contribution in [0.1, 0.15) is 16.8 Å². The maximum Gasteiger partial charge on any atom is 0.254 e. The summed E-state index contributed by atoms with van der Waals surface area (Å²) >= 11 is 12.9. The van der Waals surface area contributed by atoms with Gasteiger partial charge in [0, 0.05) is 18.6 Å². The first kappa shape index (κ1) is 12.7. The van der Waals surface area contributed by atoms with Crippen LogP contribution < -0.4 is 11.1 Å². The number of rotatable bonds is 2. The molecule has 2 heterocycles. The topological polar surface area (TPSA) is 64.3 Å². The molecule has 7 heteroatoms. The van der Waals surface area contributed by atoms with Crippen molar-refractivity contribution in [3.63, 3.8) is 0 Å². The first-order valence-corrected chi connectivity index (χ1v) is 7.28. The minimum atomic E-state index is -0.238. The molecular formula is C11H12Cl2N2O2S. The molecule has 1 aliphatic heterocycles. The molecule has 2 fully saturated rings. The Hall–Kier alpha value is -0.330. The van der Waals surface area contributed by atoms with Crippen molar-refractivity contribution in [3.05, 3.63) is 20.3 Å². The molecule has 98 valence electrons. The largest absolute Gasteiger partial charge is 0.376 e. The van der Waals surface area contributed by atoms with Crippen LogP contribution in [0.15, 0.2) is 6.07 Å². The molecule has 1 aromatic heterocycles. The molecule has 3 rings (SSSR count). The number of thiophene rings is 1. The van der Waals surface area contributed by atoms with Crippen molar-refractivity contribution in [2.75, 3.05) is 6.61 Å². The van der Waals surface area contributed by atoms with E-state index in [1.54, 1.807) is 6.07 Å². The Morgan fingerprint density at radius 1 is 1.56 bits per heavy atom. The smallest absolute Gasteiger partial charge is 0.254 e. The lowest BCUT2D eigenvalue weighted by Crippen LogP contribution is -2.68. The number of halogens is 2. The maximum atomic E-state index is 12.1. The highest BCUT2D eigenvalue weighted by molar-refractivity contribution is 7.20. The molecule has 1 saturated carbocycles.